The number of anilines is 1. The third kappa shape index (κ3) is 5.23. The normalized spacial score (nSPS) is 11.1. The van der Waals surface area contributed by atoms with Gasteiger partial charge in [-0.1, -0.05) is 25.1 Å². The van der Waals surface area contributed by atoms with Gasteiger partial charge >= 0.3 is 5.97 Å². The molecule has 0 bridgehead atoms. The van der Waals surface area contributed by atoms with Crippen LogP contribution in [0, 0.1) is 0 Å². The van der Waals surface area contributed by atoms with E-state index < -0.39 is 16.0 Å². The standard InChI is InChI=1S/C19H23NO5S/c1-2-15-25-17-12-10-16(11-13-17)20(14-6-9-19(21)22)26(23,24)18-7-4-3-5-8-18/h3-5,7-8,10-13H,2,6,9,14-15H2,1H3,(H,21,22). The topological polar surface area (TPSA) is 83.9 Å². The first kappa shape index (κ1) is 19.8. The Bertz CT molecular complexity index is 804. The summed E-state index contributed by atoms with van der Waals surface area (Å²) in [5.41, 5.74) is 0.475. The highest BCUT2D eigenvalue weighted by Crippen LogP contribution is 2.26. The third-order valence-electron chi connectivity index (χ3n) is 3.68. The molecule has 0 heterocycles. The zero-order valence-corrected chi connectivity index (χ0v) is 15.5. The van der Waals surface area contributed by atoms with Crippen LogP contribution in [0.15, 0.2) is 59.5 Å². The summed E-state index contributed by atoms with van der Waals surface area (Å²) in [5, 5.41) is 8.85. The molecule has 0 radical (unpaired) electrons. The summed E-state index contributed by atoms with van der Waals surface area (Å²) in [7, 11) is -3.78. The lowest BCUT2D eigenvalue weighted by Gasteiger charge is -2.24. The summed E-state index contributed by atoms with van der Waals surface area (Å²) in [6, 6.07) is 14.9. The van der Waals surface area contributed by atoms with Gasteiger partial charge in [0, 0.05) is 13.0 Å². The summed E-state index contributed by atoms with van der Waals surface area (Å²) in [6.45, 7) is 2.67. The Morgan fingerprint density at radius 2 is 1.73 bits per heavy atom. The van der Waals surface area contributed by atoms with Gasteiger partial charge in [-0.15, -0.1) is 0 Å². The zero-order valence-electron chi connectivity index (χ0n) is 14.7. The highest BCUT2D eigenvalue weighted by Gasteiger charge is 2.24. The van der Waals surface area contributed by atoms with Crippen molar-refractivity contribution in [2.24, 2.45) is 0 Å². The highest BCUT2D eigenvalue weighted by molar-refractivity contribution is 7.92. The van der Waals surface area contributed by atoms with Gasteiger partial charge in [-0.2, -0.15) is 0 Å². The van der Waals surface area contributed by atoms with Crippen molar-refractivity contribution in [3.63, 3.8) is 0 Å². The molecule has 0 aliphatic rings. The fourth-order valence-electron chi connectivity index (χ4n) is 2.41. The number of carboxylic acids is 1. The Kier molecular flexibility index (Phi) is 7.03. The molecule has 0 saturated carbocycles. The Labute approximate surface area is 154 Å². The van der Waals surface area contributed by atoms with E-state index in [1.54, 1.807) is 42.5 Å². The Hall–Kier alpha value is -2.54. The number of hydrogen-bond donors (Lipinski definition) is 1. The second kappa shape index (κ2) is 9.24. The van der Waals surface area contributed by atoms with E-state index in [1.165, 1.54) is 16.4 Å². The molecule has 0 saturated heterocycles. The van der Waals surface area contributed by atoms with Crippen molar-refractivity contribution in [3.8, 4) is 5.75 Å². The largest absolute Gasteiger partial charge is 0.494 e. The maximum atomic E-state index is 13.0. The minimum Gasteiger partial charge on any atom is -0.494 e. The van der Waals surface area contributed by atoms with E-state index in [9.17, 15) is 13.2 Å². The molecule has 2 aromatic carbocycles. The van der Waals surface area contributed by atoms with E-state index in [2.05, 4.69) is 0 Å². The molecule has 6 nitrogen and oxygen atoms in total. The molecular formula is C19H23NO5S. The second-order valence-corrected chi connectivity index (χ2v) is 7.59. The number of nitrogens with zero attached hydrogens (tertiary/aromatic N) is 1. The molecular weight excluding hydrogens is 354 g/mol. The van der Waals surface area contributed by atoms with Gasteiger partial charge in [0.25, 0.3) is 10.0 Å². The van der Waals surface area contributed by atoms with Crippen LogP contribution in [0.5, 0.6) is 5.75 Å². The van der Waals surface area contributed by atoms with Gasteiger partial charge < -0.3 is 9.84 Å². The van der Waals surface area contributed by atoms with Crippen molar-refractivity contribution in [2.45, 2.75) is 31.1 Å². The minimum absolute atomic E-state index is 0.0820. The molecule has 1 N–H and O–H groups in total. The first-order valence-electron chi connectivity index (χ1n) is 8.47. The number of sulfonamides is 1. The highest BCUT2D eigenvalue weighted by atomic mass is 32.2. The molecule has 7 heteroatoms. The lowest BCUT2D eigenvalue weighted by Crippen LogP contribution is -2.32. The predicted molar refractivity (Wildman–Crippen MR) is 100 cm³/mol. The average Bonchev–Trinajstić information content (AvgIpc) is 2.64. The van der Waals surface area contributed by atoms with E-state index >= 15 is 0 Å². The number of rotatable bonds is 10. The van der Waals surface area contributed by atoms with Crippen LogP contribution in [0.25, 0.3) is 0 Å². The van der Waals surface area contributed by atoms with Crippen LogP contribution in [0.2, 0.25) is 0 Å². The maximum absolute atomic E-state index is 13.0. The van der Waals surface area contributed by atoms with Crippen molar-refractivity contribution >= 4 is 21.7 Å². The molecule has 0 amide bonds. The maximum Gasteiger partial charge on any atom is 0.303 e. The molecule has 2 rings (SSSR count). The summed E-state index contributed by atoms with van der Waals surface area (Å²) < 4.78 is 32.8. The van der Waals surface area contributed by atoms with E-state index in [1.807, 2.05) is 6.92 Å². The Morgan fingerprint density at radius 3 is 2.31 bits per heavy atom. The van der Waals surface area contributed by atoms with Crippen LogP contribution < -0.4 is 9.04 Å². The van der Waals surface area contributed by atoms with Gasteiger partial charge in [0.05, 0.1) is 17.2 Å². The molecule has 0 fully saturated rings. The molecule has 26 heavy (non-hydrogen) atoms. The molecule has 0 atom stereocenters. The van der Waals surface area contributed by atoms with Crippen LogP contribution in [0.3, 0.4) is 0 Å². The molecule has 0 aromatic heterocycles. The van der Waals surface area contributed by atoms with E-state index in [0.29, 0.717) is 18.0 Å². The lowest BCUT2D eigenvalue weighted by atomic mass is 10.2. The van der Waals surface area contributed by atoms with E-state index in [4.69, 9.17) is 9.84 Å². The third-order valence-corrected chi connectivity index (χ3v) is 5.52. The van der Waals surface area contributed by atoms with Crippen molar-refractivity contribution < 1.29 is 23.1 Å². The van der Waals surface area contributed by atoms with Crippen LogP contribution in [-0.2, 0) is 14.8 Å². The summed E-state index contributed by atoms with van der Waals surface area (Å²) >= 11 is 0. The second-order valence-electron chi connectivity index (χ2n) is 5.73. The summed E-state index contributed by atoms with van der Waals surface area (Å²) in [5.74, 6) is -0.288. The predicted octanol–water partition coefficient (Wildman–Crippen LogP) is 3.54. The van der Waals surface area contributed by atoms with E-state index in [-0.39, 0.29) is 24.3 Å². The molecule has 2 aromatic rings. The van der Waals surface area contributed by atoms with E-state index in [0.717, 1.165) is 6.42 Å². The summed E-state index contributed by atoms with van der Waals surface area (Å²) in [4.78, 5) is 11.0. The Morgan fingerprint density at radius 1 is 1.08 bits per heavy atom. The summed E-state index contributed by atoms with van der Waals surface area (Å²) in [6.07, 6.45) is 0.999. The Balaban J connectivity index is 2.30. The first-order chi connectivity index (χ1) is 12.4. The molecule has 0 spiro atoms. The van der Waals surface area contributed by atoms with Gasteiger partial charge in [0.15, 0.2) is 0 Å². The van der Waals surface area contributed by atoms with Crippen molar-refractivity contribution in [1.29, 1.82) is 0 Å². The lowest BCUT2D eigenvalue weighted by molar-refractivity contribution is -0.137. The number of aliphatic carboxylic acids is 1. The van der Waals surface area contributed by atoms with Crippen LogP contribution in [0.1, 0.15) is 26.2 Å². The number of hydrogen-bond acceptors (Lipinski definition) is 4. The molecule has 0 unspecified atom stereocenters. The quantitative estimate of drug-likeness (QED) is 0.685. The van der Waals surface area contributed by atoms with Gasteiger partial charge in [-0.3, -0.25) is 9.10 Å². The zero-order chi connectivity index (χ0) is 19.0. The van der Waals surface area contributed by atoms with Crippen LogP contribution in [0.4, 0.5) is 5.69 Å². The van der Waals surface area contributed by atoms with Crippen molar-refractivity contribution in [1.82, 2.24) is 0 Å². The number of carboxylic acid groups (broad SMARTS) is 1. The van der Waals surface area contributed by atoms with Gasteiger partial charge in [-0.25, -0.2) is 8.42 Å². The SMILES string of the molecule is CCCOc1ccc(N(CCCC(=O)O)S(=O)(=O)c2ccccc2)cc1. The number of carbonyl (C=O) groups is 1. The minimum atomic E-state index is -3.78. The molecule has 140 valence electrons. The van der Waals surface area contributed by atoms with Gasteiger partial charge in [0.1, 0.15) is 5.75 Å². The molecule has 0 aliphatic carbocycles. The fraction of sp³-hybridized carbons (Fsp3) is 0.316. The van der Waals surface area contributed by atoms with Gasteiger partial charge in [0.2, 0.25) is 0 Å². The van der Waals surface area contributed by atoms with Crippen LogP contribution in [-0.4, -0.2) is 32.6 Å². The average molecular weight is 377 g/mol. The monoisotopic (exact) mass is 377 g/mol. The first-order valence-corrected chi connectivity index (χ1v) is 9.91. The number of benzene rings is 2. The van der Waals surface area contributed by atoms with Gasteiger partial charge in [-0.05, 0) is 49.2 Å². The van der Waals surface area contributed by atoms with Crippen molar-refractivity contribution in [2.75, 3.05) is 17.5 Å². The molecule has 0 aliphatic heterocycles. The fourth-order valence-corrected chi connectivity index (χ4v) is 3.93. The smallest absolute Gasteiger partial charge is 0.303 e. The number of ether oxygens (including phenoxy) is 1. The van der Waals surface area contributed by atoms with Crippen molar-refractivity contribution in [3.05, 3.63) is 54.6 Å². The van der Waals surface area contributed by atoms with Crippen LogP contribution >= 0.6 is 0 Å².